The molecule has 0 bridgehead atoms. The molecule has 1 rings (SSSR count). The van der Waals surface area contributed by atoms with Gasteiger partial charge in [-0.25, -0.2) is 0 Å². The van der Waals surface area contributed by atoms with Gasteiger partial charge in [0.1, 0.15) is 5.69 Å². The van der Waals surface area contributed by atoms with Crippen LogP contribution in [0.25, 0.3) is 0 Å². The van der Waals surface area contributed by atoms with Gasteiger partial charge in [-0.2, -0.15) is 0 Å². The highest BCUT2D eigenvalue weighted by molar-refractivity contribution is 5.93. The molecular weight excluding hydrogens is 214 g/mol. The minimum atomic E-state index is -0.0940. The molecular formula is C13H21N3O. The zero-order valence-electron chi connectivity index (χ0n) is 10.6. The normalized spacial score (nSPS) is 12.2. The number of nitrogens with one attached hydrogen (secondary N) is 1. The van der Waals surface area contributed by atoms with Crippen molar-refractivity contribution >= 4 is 5.91 Å². The van der Waals surface area contributed by atoms with Crippen molar-refractivity contribution in [2.75, 3.05) is 13.1 Å². The summed E-state index contributed by atoms with van der Waals surface area (Å²) >= 11 is 0. The Labute approximate surface area is 103 Å². The highest BCUT2D eigenvalue weighted by atomic mass is 16.1. The smallest absolute Gasteiger partial charge is 0.270 e. The summed E-state index contributed by atoms with van der Waals surface area (Å²) in [6, 6.07) is 3.72. The van der Waals surface area contributed by atoms with E-state index in [-0.39, 0.29) is 5.91 Å². The van der Waals surface area contributed by atoms with Crippen LogP contribution in [0, 0.1) is 12.8 Å². The molecule has 0 saturated heterocycles. The quantitative estimate of drug-likeness (QED) is 0.734. The monoisotopic (exact) mass is 235 g/mol. The lowest BCUT2D eigenvalue weighted by Gasteiger charge is -2.09. The molecule has 0 aliphatic heterocycles. The Morgan fingerprint density at radius 2 is 2.35 bits per heavy atom. The van der Waals surface area contributed by atoms with Crippen LogP contribution in [0.15, 0.2) is 18.3 Å². The van der Waals surface area contributed by atoms with Crippen LogP contribution in [0.3, 0.4) is 0 Å². The lowest BCUT2D eigenvalue weighted by Crippen LogP contribution is -2.26. The van der Waals surface area contributed by atoms with E-state index in [1.165, 1.54) is 0 Å². The Kier molecular flexibility index (Phi) is 5.63. The Hall–Kier alpha value is -1.42. The van der Waals surface area contributed by atoms with Crippen LogP contribution in [0.5, 0.6) is 0 Å². The topological polar surface area (TPSA) is 68.0 Å². The van der Waals surface area contributed by atoms with Gasteiger partial charge in [-0.3, -0.25) is 9.78 Å². The summed E-state index contributed by atoms with van der Waals surface area (Å²) in [6.07, 6.45) is 3.63. The average Bonchev–Trinajstić information content (AvgIpc) is 2.34. The highest BCUT2D eigenvalue weighted by Crippen LogP contribution is 2.04. The number of amides is 1. The van der Waals surface area contributed by atoms with Gasteiger partial charge in [-0.15, -0.1) is 0 Å². The summed E-state index contributed by atoms with van der Waals surface area (Å²) in [7, 11) is 0. The fourth-order valence-electron chi connectivity index (χ4n) is 1.58. The third kappa shape index (κ3) is 4.53. The van der Waals surface area contributed by atoms with E-state index in [0.29, 0.717) is 24.7 Å². The first kappa shape index (κ1) is 13.6. The van der Waals surface area contributed by atoms with Crippen molar-refractivity contribution in [3.8, 4) is 0 Å². The lowest BCUT2D eigenvalue weighted by molar-refractivity contribution is 0.0947. The van der Waals surface area contributed by atoms with Gasteiger partial charge in [-0.05, 0) is 43.9 Å². The molecule has 0 radical (unpaired) electrons. The number of nitrogens with zero attached hydrogens (tertiary/aromatic N) is 1. The first-order chi connectivity index (χ1) is 8.15. The van der Waals surface area contributed by atoms with Gasteiger partial charge in [0.05, 0.1) is 0 Å². The van der Waals surface area contributed by atoms with Crippen molar-refractivity contribution in [1.82, 2.24) is 10.3 Å². The molecule has 17 heavy (non-hydrogen) atoms. The first-order valence-electron chi connectivity index (χ1n) is 6.05. The van der Waals surface area contributed by atoms with Gasteiger partial charge in [0.25, 0.3) is 5.91 Å². The third-order valence-electron chi connectivity index (χ3n) is 2.79. The van der Waals surface area contributed by atoms with Crippen molar-refractivity contribution in [2.45, 2.75) is 26.7 Å². The van der Waals surface area contributed by atoms with Gasteiger partial charge >= 0.3 is 0 Å². The second-order valence-electron chi connectivity index (χ2n) is 4.41. The fourth-order valence-corrected chi connectivity index (χ4v) is 1.58. The molecule has 0 fully saturated rings. The summed E-state index contributed by atoms with van der Waals surface area (Å²) in [5.41, 5.74) is 6.94. The van der Waals surface area contributed by atoms with Crippen LogP contribution in [0.1, 0.15) is 35.8 Å². The van der Waals surface area contributed by atoms with E-state index in [0.717, 1.165) is 18.4 Å². The summed E-state index contributed by atoms with van der Waals surface area (Å²) in [5.74, 6) is 0.423. The largest absolute Gasteiger partial charge is 0.351 e. The summed E-state index contributed by atoms with van der Waals surface area (Å²) in [4.78, 5) is 15.9. The van der Waals surface area contributed by atoms with E-state index in [1.807, 2.05) is 19.1 Å². The standard InChI is InChI=1S/C13H21N3O/c1-10(9-14)5-3-8-16-13(17)12-11(2)6-4-7-15-12/h4,6-7,10H,3,5,8-9,14H2,1-2H3,(H,16,17). The number of hydrogen-bond donors (Lipinski definition) is 2. The minimum Gasteiger partial charge on any atom is -0.351 e. The molecule has 0 aliphatic rings. The van der Waals surface area contributed by atoms with E-state index in [2.05, 4.69) is 17.2 Å². The molecule has 1 aromatic rings. The van der Waals surface area contributed by atoms with Gasteiger partial charge in [0.2, 0.25) is 0 Å². The van der Waals surface area contributed by atoms with E-state index >= 15 is 0 Å². The Bertz CT molecular complexity index is 365. The van der Waals surface area contributed by atoms with Crippen LogP contribution >= 0.6 is 0 Å². The molecule has 0 spiro atoms. The summed E-state index contributed by atoms with van der Waals surface area (Å²) < 4.78 is 0. The van der Waals surface area contributed by atoms with Crippen molar-refractivity contribution < 1.29 is 4.79 Å². The van der Waals surface area contributed by atoms with Gasteiger partial charge in [0, 0.05) is 12.7 Å². The Balaban J connectivity index is 2.33. The predicted octanol–water partition coefficient (Wildman–Crippen LogP) is 1.49. The van der Waals surface area contributed by atoms with Crippen LogP contribution < -0.4 is 11.1 Å². The SMILES string of the molecule is Cc1cccnc1C(=O)NCCCC(C)CN. The Morgan fingerprint density at radius 3 is 3.00 bits per heavy atom. The molecule has 1 atom stereocenters. The van der Waals surface area contributed by atoms with Crippen molar-refractivity contribution in [1.29, 1.82) is 0 Å². The fraction of sp³-hybridized carbons (Fsp3) is 0.538. The highest BCUT2D eigenvalue weighted by Gasteiger charge is 2.08. The lowest BCUT2D eigenvalue weighted by atomic mass is 10.1. The first-order valence-corrected chi connectivity index (χ1v) is 6.05. The molecule has 1 heterocycles. The van der Waals surface area contributed by atoms with Crippen molar-refractivity contribution in [3.05, 3.63) is 29.6 Å². The number of rotatable bonds is 6. The molecule has 0 aliphatic carbocycles. The van der Waals surface area contributed by atoms with E-state index < -0.39 is 0 Å². The molecule has 0 aromatic carbocycles. The van der Waals surface area contributed by atoms with E-state index in [1.54, 1.807) is 6.20 Å². The van der Waals surface area contributed by atoms with E-state index in [4.69, 9.17) is 5.73 Å². The second-order valence-corrected chi connectivity index (χ2v) is 4.41. The predicted molar refractivity (Wildman–Crippen MR) is 68.8 cm³/mol. The minimum absolute atomic E-state index is 0.0940. The van der Waals surface area contributed by atoms with Crippen LogP contribution in [-0.2, 0) is 0 Å². The number of carbonyl (C=O) groups excluding carboxylic acids is 1. The number of nitrogens with two attached hydrogens (primary N) is 1. The second kappa shape index (κ2) is 7.01. The number of pyridine rings is 1. The molecule has 1 unspecified atom stereocenters. The molecule has 1 aromatic heterocycles. The molecule has 0 saturated carbocycles. The van der Waals surface area contributed by atoms with Crippen LogP contribution in [0.2, 0.25) is 0 Å². The zero-order chi connectivity index (χ0) is 12.7. The van der Waals surface area contributed by atoms with Crippen LogP contribution in [0.4, 0.5) is 0 Å². The molecule has 1 amide bonds. The van der Waals surface area contributed by atoms with Gasteiger partial charge in [-0.1, -0.05) is 13.0 Å². The zero-order valence-corrected chi connectivity index (χ0v) is 10.6. The number of aromatic nitrogens is 1. The van der Waals surface area contributed by atoms with Crippen molar-refractivity contribution in [3.63, 3.8) is 0 Å². The molecule has 4 heteroatoms. The number of hydrogen-bond acceptors (Lipinski definition) is 3. The Morgan fingerprint density at radius 1 is 1.59 bits per heavy atom. The van der Waals surface area contributed by atoms with Crippen LogP contribution in [-0.4, -0.2) is 24.0 Å². The summed E-state index contributed by atoms with van der Waals surface area (Å²) in [6.45, 7) is 5.38. The van der Waals surface area contributed by atoms with Gasteiger partial charge < -0.3 is 11.1 Å². The third-order valence-corrected chi connectivity index (χ3v) is 2.79. The molecule has 4 nitrogen and oxygen atoms in total. The summed E-state index contributed by atoms with van der Waals surface area (Å²) in [5, 5.41) is 2.88. The maximum atomic E-state index is 11.8. The maximum Gasteiger partial charge on any atom is 0.270 e. The molecule has 3 N–H and O–H groups in total. The van der Waals surface area contributed by atoms with E-state index in [9.17, 15) is 4.79 Å². The van der Waals surface area contributed by atoms with Crippen molar-refractivity contribution in [2.24, 2.45) is 11.7 Å². The number of carbonyl (C=O) groups is 1. The number of aryl methyl sites for hydroxylation is 1. The molecule has 94 valence electrons. The maximum absolute atomic E-state index is 11.8. The average molecular weight is 235 g/mol. The van der Waals surface area contributed by atoms with Gasteiger partial charge in [0.15, 0.2) is 0 Å².